The van der Waals surface area contributed by atoms with Crippen LogP contribution in [0.3, 0.4) is 0 Å². The second kappa shape index (κ2) is 8.35. The van der Waals surface area contributed by atoms with Crippen molar-refractivity contribution in [2.75, 3.05) is 13.7 Å². The summed E-state index contributed by atoms with van der Waals surface area (Å²) in [4.78, 5) is 24.6. The van der Waals surface area contributed by atoms with Gasteiger partial charge in [0, 0.05) is 29.3 Å². The number of nitrogens with zero attached hydrogens (tertiary/aromatic N) is 3. The maximum absolute atomic E-state index is 11.2. The van der Waals surface area contributed by atoms with Gasteiger partial charge in [-0.3, -0.25) is 9.78 Å². The van der Waals surface area contributed by atoms with Gasteiger partial charge in [0.1, 0.15) is 11.6 Å². The second-order valence-electron chi connectivity index (χ2n) is 8.10. The molecule has 0 aliphatic heterocycles. The van der Waals surface area contributed by atoms with Crippen LogP contribution in [0.2, 0.25) is 0 Å². The second-order valence-corrected chi connectivity index (χ2v) is 8.10. The summed E-state index contributed by atoms with van der Waals surface area (Å²) in [6, 6.07) is 3.96. The molecule has 2 saturated carbocycles. The van der Waals surface area contributed by atoms with E-state index in [9.17, 15) is 9.90 Å². The summed E-state index contributed by atoms with van der Waals surface area (Å²) in [7, 11) is 1.64. The van der Waals surface area contributed by atoms with Gasteiger partial charge in [-0.15, -0.1) is 0 Å². The lowest BCUT2D eigenvalue weighted by molar-refractivity contribution is -0.142. The molecule has 0 bridgehead atoms. The van der Waals surface area contributed by atoms with Crippen molar-refractivity contribution < 1.29 is 19.4 Å². The maximum Gasteiger partial charge on any atom is 0.306 e. The molecule has 0 aromatic carbocycles. The number of carbonyl (C=O) groups is 1. The molecule has 2 aromatic rings. The summed E-state index contributed by atoms with van der Waals surface area (Å²) in [5.41, 5.74) is 2.09. The largest absolute Gasteiger partial charge is 0.495 e. The Morgan fingerprint density at radius 3 is 2.62 bits per heavy atom. The lowest BCUT2D eigenvalue weighted by atomic mass is 9.79. The average Bonchev–Trinajstić information content (AvgIpc) is 3.52. The minimum atomic E-state index is -0.688. The van der Waals surface area contributed by atoms with Gasteiger partial charge in [-0.25, -0.2) is 4.98 Å². The lowest BCUT2D eigenvalue weighted by Crippen LogP contribution is -2.21. The first-order valence-electron chi connectivity index (χ1n) is 10.2. The number of aryl methyl sites for hydroxylation is 1. The molecule has 7 nitrogen and oxygen atoms in total. The van der Waals surface area contributed by atoms with Crippen LogP contribution in [0.25, 0.3) is 0 Å². The van der Waals surface area contributed by atoms with Gasteiger partial charge in [0.25, 0.3) is 0 Å². The zero-order valence-electron chi connectivity index (χ0n) is 16.9. The van der Waals surface area contributed by atoms with Crippen LogP contribution >= 0.6 is 0 Å². The average molecular weight is 397 g/mol. The van der Waals surface area contributed by atoms with Gasteiger partial charge in [0.15, 0.2) is 0 Å². The van der Waals surface area contributed by atoms with E-state index < -0.39 is 5.97 Å². The molecule has 2 aliphatic carbocycles. The van der Waals surface area contributed by atoms with Gasteiger partial charge in [0.2, 0.25) is 5.88 Å². The van der Waals surface area contributed by atoms with Crippen molar-refractivity contribution in [3.05, 3.63) is 41.6 Å². The Morgan fingerprint density at radius 1 is 1.17 bits per heavy atom. The molecule has 0 amide bonds. The van der Waals surface area contributed by atoms with Crippen LogP contribution in [0.5, 0.6) is 11.6 Å². The Labute approximate surface area is 170 Å². The summed E-state index contributed by atoms with van der Waals surface area (Å²) in [6.07, 6.45) is 7.73. The van der Waals surface area contributed by atoms with E-state index in [0.717, 1.165) is 36.3 Å². The number of methoxy groups -OCH3 is 1. The Hall–Kier alpha value is -2.70. The fourth-order valence-corrected chi connectivity index (χ4v) is 4.22. The van der Waals surface area contributed by atoms with Gasteiger partial charge >= 0.3 is 5.97 Å². The highest BCUT2D eigenvalue weighted by Gasteiger charge is 2.40. The van der Waals surface area contributed by atoms with Crippen LogP contribution in [0.4, 0.5) is 0 Å². The molecule has 0 saturated heterocycles. The number of ether oxygens (including phenoxy) is 2. The van der Waals surface area contributed by atoms with Gasteiger partial charge in [0.05, 0.1) is 25.8 Å². The van der Waals surface area contributed by atoms with Crippen molar-refractivity contribution >= 4 is 5.97 Å². The zero-order valence-corrected chi connectivity index (χ0v) is 16.9. The predicted molar refractivity (Wildman–Crippen MR) is 106 cm³/mol. The normalized spacial score (nSPS) is 26.0. The number of pyridine rings is 1. The maximum atomic E-state index is 11.2. The van der Waals surface area contributed by atoms with Gasteiger partial charge in [-0.1, -0.05) is 0 Å². The topological polar surface area (TPSA) is 94.4 Å². The molecule has 2 heterocycles. The van der Waals surface area contributed by atoms with Crippen LogP contribution < -0.4 is 9.47 Å². The molecule has 0 unspecified atom stereocenters. The molecule has 29 heavy (non-hydrogen) atoms. The van der Waals surface area contributed by atoms with E-state index >= 15 is 0 Å². The van der Waals surface area contributed by atoms with Crippen LogP contribution in [0.1, 0.15) is 61.0 Å². The van der Waals surface area contributed by atoms with Gasteiger partial charge in [-0.05, 0) is 57.1 Å². The molecule has 2 atom stereocenters. The molecule has 1 N–H and O–H groups in total. The number of aliphatic carboxylic acids is 1. The van der Waals surface area contributed by atoms with Crippen molar-refractivity contribution in [2.24, 2.45) is 11.8 Å². The van der Waals surface area contributed by atoms with E-state index in [2.05, 4.69) is 15.0 Å². The first-order chi connectivity index (χ1) is 14.0. The molecular weight excluding hydrogens is 370 g/mol. The van der Waals surface area contributed by atoms with E-state index in [1.807, 2.05) is 25.3 Å². The standard InChI is InChI=1S/C22H27N3O4/c1-13-23-11-19(14-3-5-15(6-4-14)22(26)27)21(25-13)29-12-16-9-18(16)20-8-7-17(28-2)10-24-20/h7-8,10-11,14-16,18H,3-6,9,12H2,1-2H3,(H,26,27)/t14-,15+,16-,18+/m1/s1. The Balaban J connectivity index is 1.38. The summed E-state index contributed by atoms with van der Waals surface area (Å²) >= 11 is 0. The number of carboxylic acid groups (broad SMARTS) is 1. The first kappa shape index (κ1) is 19.6. The van der Waals surface area contributed by atoms with E-state index in [4.69, 9.17) is 9.47 Å². The Morgan fingerprint density at radius 2 is 1.97 bits per heavy atom. The number of hydrogen-bond acceptors (Lipinski definition) is 6. The van der Waals surface area contributed by atoms with Crippen LogP contribution in [-0.2, 0) is 4.79 Å². The van der Waals surface area contributed by atoms with Gasteiger partial charge < -0.3 is 14.6 Å². The smallest absolute Gasteiger partial charge is 0.306 e. The molecule has 0 spiro atoms. The molecule has 0 radical (unpaired) electrons. The number of rotatable bonds is 7. The van der Waals surface area contributed by atoms with Crippen molar-refractivity contribution in [1.29, 1.82) is 0 Å². The number of aromatic nitrogens is 3. The third-order valence-electron chi connectivity index (χ3n) is 6.15. The highest BCUT2D eigenvalue weighted by atomic mass is 16.5. The number of carboxylic acids is 1. The van der Waals surface area contributed by atoms with Gasteiger partial charge in [-0.2, -0.15) is 4.98 Å². The summed E-state index contributed by atoms with van der Waals surface area (Å²) in [5, 5.41) is 9.22. The van der Waals surface area contributed by atoms with Crippen molar-refractivity contribution in [1.82, 2.24) is 15.0 Å². The highest BCUT2D eigenvalue weighted by molar-refractivity contribution is 5.70. The van der Waals surface area contributed by atoms with E-state index in [1.165, 1.54) is 0 Å². The minimum Gasteiger partial charge on any atom is -0.495 e. The molecule has 2 fully saturated rings. The predicted octanol–water partition coefficient (Wildman–Crippen LogP) is 3.73. The summed E-state index contributed by atoms with van der Waals surface area (Å²) in [5.74, 6) is 2.30. The molecular formula is C22H27N3O4. The molecule has 154 valence electrons. The fourth-order valence-electron chi connectivity index (χ4n) is 4.22. The summed E-state index contributed by atoms with van der Waals surface area (Å²) in [6.45, 7) is 2.46. The molecule has 2 aromatic heterocycles. The number of hydrogen-bond donors (Lipinski definition) is 1. The lowest BCUT2D eigenvalue weighted by Gasteiger charge is -2.27. The summed E-state index contributed by atoms with van der Waals surface area (Å²) < 4.78 is 11.3. The quantitative estimate of drug-likeness (QED) is 0.761. The minimum absolute atomic E-state index is 0.230. The molecule has 2 aliphatic rings. The van der Waals surface area contributed by atoms with E-state index in [-0.39, 0.29) is 11.8 Å². The van der Waals surface area contributed by atoms with Crippen molar-refractivity contribution in [2.45, 2.75) is 50.9 Å². The SMILES string of the molecule is COc1ccc([C@H]2C[C@@H]2COc2nc(C)ncc2[C@H]2CC[C@@H](C(=O)O)CC2)nc1. The zero-order chi connectivity index (χ0) is 20.4. The van der Waals surface area contributed by atoms with Crippen LogP contribution in [0, 0.1) is 18.8 Å². The van der Waals surface area contributed by atoms with E-state index in [0.29, 0.717) is 43.0 Å². The first-order valence-corrected chi connectivity index (χ1v) is 10.2. The van der Waals surface area contributed by atoms with Crippen molar-refractivity contribution in [3.63, 3.8) is 0 Å². The van der Waals surface area contributed by atoms with Crippen molar-refractivity contribution in [3.8, 4) is 11.6 Å². The Kier molecular flexibility index (Phi) is 5.65. The monoisotopic (exact) mass is 397 g/mol. The third kappa shape index (κ3) is 4.49. The third-order valence-corrected chi connectivity index (χ3v) is 6.15. The highest BCUT2D eigenvalue weighted by Crippen LogP contribution is 2.47. The molecule has 4 rings (SSSR count). The van der Waals surface area contributed by atoms with Crippen LogP contribution in [0.15, 0.2) is 24.5 Å². The Bertz CT molecular complexity index is 863. The molecule has 7 heteroatoms. The fraction of sp³-hybridized carbons (Fsp3) is 0.545. The van der Waals surface area contributed by atoms with E-state index in [1.54, 1.807) is 13.3 Å². The van der Waals surface area contributed by atoms with Crippen LogP contribution in [-0.4, -0.2) is 39.7 Å².